The van der Waals surface area contributed by atoms with E-state index in [2.05, 4.69) is 5.48 Å². The van der Waals surface area contributed by atoms with Gasteiger partial charge in [0.15, 0.2) is 0 Å². The van der Waals surface area contributed by atoms with E-state index in [1.165, 1.54) is 7.11 Å². The number of nitrogens with one attached hydrogen (secondary N) is 1. The average molecular weight is 287 g/mol. The first-order valence-electron chi connectivity index (χ1n) is 5.61. The van der Waals surface area contributed by atoms with Gasteiger partial charge in [-0.15, -0.1) is 0 Å². The van der Waals surface area contributed by atoms with Crippen molar-refractivity contribution in [2.45, 2.75) is 13.8 Å². The highest BCUT2D eigenvalue weighted by Gasteiger charge is 2.23. The van der Waals surface area contributed by atoms with E-state index in [1.807, 2.05) is 44.2 Å². The molecule has 1 rings (SSSR count). The molecule has 1 unspecified atom stereocenters. The minimum Gasteiger partial charge on any atom is -0.422 e. The van der Waals surface area contributed by atoms with Gasteiger partial charge in [-0.3, -0.25) is 4.84 Å². The molecule has 0 saturated heterocycles. The molecule has 6 heteroatoms. The summed E-state index contributed by atoms with van der Waals surface area (Å²) >= 11 is 5.55. The zero-order chi connectivity index (χ0) is 13.4. The summed E-state index contributed by atoms with van der Waals surface area (Å²) in [4.78, 5) is 4.83. The van der Waals surface area contributed by atoms with Gasteiger partial charge in [-0.25, -0.2) is 5.48 Å². The van der Waals surface area contributed by atoms with Gasteiger partial charge in [0.25, 0.3) is 6.49 Å². The van der Waals surface area contributed by atoms with Crippen molar-refractivity contribution < 1.29 is 13.9 Å². The van der Waals surface area contributed by atoms with E-state index in [0.717, 1.165) is 5.30 Å². The van der Waals surface area contributed by atoms with Gasteiger partial charge in [0.2, 0.25) is 5.88 Å². The summed E-state index contributed by atoms with van der Waals surface area (Å²) in [5.41, 5.74) is 2.64. The molecule has 1 N–H and O–H groups in total. The van der Waals surface area contributed by atoms with Crippen LogP contribution in [0.4, 0.5) is 0 Å². The summed E-state index contributed by atoms with van der Waals surface area (Å²) in [7, 11) is 1.51. The van der Waals surface area contributed by atoms with Gasteiger partial charge in [-0.2, -0.15) is 0 Å². The lowest BCUT2D eigenvalue weighted by Crippen LogP contribution is -2.17. The molecule has 0 aliphatic heterocycles. The van der Waals surface area contributed by atoms with Crippen LogP contribution in [-0.2, 0) is 25.7 Å². The summed E-state index contributed by atoms with van der Waals surface area (Å²) in [6, 6.07) is 9.59. The quantitative estimate of drug-likeness (QED) is 0.474. The Balaban J connectivity index is 2.98. The highest BCUT2D eigenvalue weighted by molar-refractivity contribution is 8.13. The van der Waals surface area contributed by atoms with Gasteiger partial charge in [0.1, 0.15) is 0 Å². The molecule has 1 atom stereocenters. The highest BCUT2D eigenvalue weighted by Crippen LogP contribution is 2.48. The largest absolute Gasteiger partial charge is 0.422 e. The molecule has 100 valence electrons. The van der Waals surface area contributed by atoms with Gasteiger partial charge in [0.05, 0.1) is 13.7 Å². The standard InChI is InChI=1S/C12H18NO3PS/c1-4-12(13-14-3)16-17(18,15-5-2)11-9-7-6-8-10-11/h4,6-10,13H,5H2,1-3H3. The van der Waals surface area contributed by atoms with Crippen LogP contribution in [0.25, 0.3) is 0 Å². The summed E-state index contributed by atoms with van der Waals surface area (Å²) < 4.78 is 11.4. The van der Waals surface area contributed by atoms with E-state index in [1.54, 1.807) is 6.08 Å². The van der Waals surface area contributed by atoms with Gasteiger partial charge < -0.3 is 9.05 Å². The molecule has 0 amide bonds. The van der Waals surface area contributed by atoms with E-state index >= 15 is 0 Å². The molecule has 0 aliphatic rings. The maximum absolute atomic E-state index is 5.78. The third-order valence-corrected chi connectivity index (χ3v) is 5.19. The van der Waals surface area contributed by atoms with E-state index in [-0.39, 0.29) is 0 Å². The second-order valence-electron chi connectivity index (χ2n) is 3.30. The number of rotatable bonds is 7. The number of hydrogen-bond acceptors (Lipinski definition) is 5. The monoisotopic (exact) mass is 287 g/mol. The van der Waals surface area contributed by atoms with Crippen LogP contribution in [0, 0.1) is 0 Å². The molecule has 1 aromatic carbocycles. The maximum Gasteiger partial charge on any atom is 0.270 e. The van der Waals surface area contributed by atoms with Crippen LogP contribution in [0.3, 0.4) is 0 Å². The van der Waals surface area contributed by atoms with Crippen LogP contribution in [0.15, 0.2) is 42.3 Å². The average Bonchev–Trinajstić information content (AvgIpc) is 2.39. The molecule has 4 nitrogen and oxygen atoms in total. The maximum atomic E-state index is 5.78. The molecule has 0 fully saturated rings. The molecule has 0 saturated carbocycles. The van der Waals surface area contributed by atoms with Crippen LogP contribution in [0.2, 0.25) is 0 Å². The first-order valence-corrected chi connectivity index (χ1v) is 8.25. The third kappa shape index (κ3) is 4.10. The first-order chi connectivity index (χ1) is 8.66. The molecule has 0 radical (unpaired) electrons. The lowest BCUT2D eigenvalue weighted by atomic mass is 10.4. The molecule has 0 bridgehead atoms. The molecular formula is C12H18NO3PS. The SMILES string of the molecule is CC=C(NOC)OP(=S)(OCC)c1ccccc1. The molecule has 0 heterocycles. The Morgan fingerprint density at radius 3 is 2.56 bits per heavy atom. The zero-order valence-electron chi connectivity index (χ0n) is 10.8. The van der Waals surface area contributed by atoms with Crippen molar-refractivity contribution in [3.05, 3.63) is 42.3 Å². The van der Waals surface area contributed by atoms with E-state index in [9.17, 15) is 0 Å². The van der Waals surface area contributed by atoms with Crippen molar-refractivity contribution in [1.29, 1.82) is 0 Å². The van der Waals surface area contributed by atoms with Crippen molar-refractivity contribution in [3.8, 4) is 0 Å². The van der Waals surface area contributed by atoms with Crippen molar-refractivity contribution in [3.63, 3.8) is 0 Å². The number of hydrogen-bond donors (Lipinski definition) is 1. The predicted molar refractivity (Wildman–Crippen MR) is 77.0 cm³/mol. The minimum atomic E-state index is -2.55. The van der Waals surface area contributed by atoms with Crippen molar-refractivity contribution >= 4 is 23.6 Å². The fourth-order valence-electron chi connectivity index (χ4n) is 1.29. The summed E-state index contributed by atoms with van der Waals surface area (Å²) in [5.74, 6) is 0.457. The van der Waals surface area contributed by atoms with Crippen LogP contribution >= 0.6 is 6.49 Å². The van der Waals surface area contributed by atoms with Crippen molar-refractivity contribution in [2.75, 3.05) is 13.7 Å². The van der Waals surface area contributed by atoms with Crippen molar-refractivity contribution in [1.82, 2.24) is 5.48 Å². The lowest BCUT2D eigenvalue weighted by molar-refractivity contribution is 0.0826. The van der Waals surface area contributed by atoms with Gasteiger partial charge in [-0.1, -0.05) is 18.2 Å². The number of hydroxylamine groups is 1. The topological polar surface area (TPSA) is 39.7 Å². The molecule has 0 spiro atoms. The smallest absolute Gasteiger partial charge is 0.270 e. The summed E-state index contributed by atoms with van der Waals surface area (Å²) in [6.45, 7) is 1.67. The lowest BCUT2D eigenvalue weighted by Gasteiger charge is -2.24. The Morgan fingerprint density at radius 2 is 2.06 bits per heavy atom. The third-order valence-electron chi connectivity index (χ3n) is 2.05. The molecule has 18 heavy (non-hydrogen) atoms. The Labute approximate surface area is 113 Å². The number of allylic oxidation sites excluding steroid dienone is 1. The van der Waals surface area contributed by atoms with E-state index < -0.39 is 6.49 Å². The normalized spacial score (nSPS) is 14.9. The predicted octanol–water partition coefficient (Wildman–Crippen LogP) is 2.69. The Kier molecular flexibility index (Phi) is 6.36. The fourth-order valence-corrected chi connectivity index (χ4v) is 3.80. The van der Waals surface area contributed by atoms with Crippen LogP contribution in [-0.4, -0.2) is 13.7 Å². The molecular weight excluding hydrogens is 269 g/mol. The van der Waals surface area contributed by atoms with Gasteiger partial charge >= 0.3 is 0 Å². The van der Waals surface area contributed by atoms with Crippen LogP contribution in [0.5, 0.6) is 0 Å². The van der Waals surface area contributed by atoms with Gasteiger partial charge in [-0.05, 0) is 43.9 Å². The van der Waals surface area contributed by atoms with E-state index in [0.29, 0.717) is 12.5 Å². The fraction of sp³-hybridized carbons (Fsp3) is 0.333. The molecule has 0 aromatic heterocycles. The second-order valence-corrected chi connectivity index (χ2v) is 6.70. The second kappa shape index (κ2) is 7.54. The molecule has 1 aromatic rings. The van der Waals surface area contributed by atoms with Crippen LogP contribution < -0.4 is 10.8 Å². The van der Waals surface area contributed by atoms with Crippen LogP contribution in [0.1, 0.15) is 13.8 Å². The molecule has 0 aliphatic carbocycles. The first kappa shape index (κ1) is 15.2. The van der Waals surface area contributed by atoms with Crippen molar-refractivity contribution in [2.24, 2.45) is 0 Å². The number of benzene rings is 1. The van der Waals surface area contributed by atoms with E-state index in [4.69, 9.17) is 25.7 Å². The Hall–Kier alpha value is -0.870. The Bertz CT molecular complexity index is 436. The summed E-state index contributed by atoms with van der Waals surface area (Å²) in [5, 5.41) is 0.874. The minimum absolute atomic E-state index is 0.457. The zero-order valence-corrected chi connectivity index (χ0v) is 12.5. The Morgan fingerprint density at radius 1 is 1.39 bits per heavy atom. The van der Waals surface area contributed by atoms with Gasteiger partial charge in [0, 0.05) is 5.30 Å². The highest BCUT2D eigenvalue weighted by atomic mass is 32.5. The summed E-state index contributed by atoms with van der Waals surface area (Å²) in [6.07, 6.45) is 1.74.